The number of para-hydroxylation sites is 1. The first-order chi connectivity index (χ1) is 12.5. The fourth-order valence-corrected chi connectivity index (χ4v) is 3.10. The third-order valence-corrected chi connectivity index (χ3v) is 4.38. The maximum absolute atomic E-state index is 12.8. The number of hydrogen-bond acceptors (Lipinski definition) is 3. The number of amides is 2. The molecular weight excluding hydrogens is 332 g/mol. The Bertz CT molecular complexity index is 820. The van der Waals surface area contributed by atoms with Gasteiger partial charge in [-0.05, 0) is 23.6 Å². The monoisotopic (exact) mass is 352 g/mol. The zero-order chi connectivity index (χ0) is 18.5. The topological polar surface area (TPSA) is 77.9 Å². The molecule has 0 saturated heterocycles. The molecule has 2 amide bonds. The summed E-state index contributed by atoms with van der Waals surface area (Å²) in [4.78, 5) is 39.0. The SMILES string of the molecule is O=C(O)CN(Cc1ccccc1)C(=O)CN1C(=O)CCc2ccccc21. The van der Waals surface area contributed by atoms with Gasteiger partial charge in [0.25, 0.3) is 0 Å². The van der Waals surface area contributed by atoms with Gasteiger partial charge < -0.3 is 14.9 Å². The molecule has 3 rings (SSSR count). The highest BCUT2D eigenvalue weighted by Crippen LogP contribution is 2.27. The molecule has 0 radical (unpaired) electrons. The summed E-state index contributed by atoms with van der Waals surface area (Å²) in [6.07, 6.45) is 1.00. The lowest BCUT2D eigenvalue weighted by Gasteiger charge is -2.31. The summed E-state index contributed by atoms with van der Waals surface area (Å²) < 4.78 is 0. The molecule has 1 aliphatic heterocycles. The Morgan fingerprint density at radius 1 is 1.00 bits per heavy atom. The van der Waals surface area contributed by atoms with Crippen molar-refractivity contribution in [2.75, 3.05) is 18.0 Å². The van der Waals surface area contributed by atoms with Crippen LogP contribution in [0.4, 0.5) is 5.69 Å². The van der Waals surface area contributed by atoms with E-state index in [2.05, 4.69) is 0 Å². The minimum Gasteiger partial charge on any atom is -0.480 e. The molecule has 6 heteroatoms. The van der Waals surface area contributed by atoms with Crippen LogP contribution in [-0.4, -0.2) is 40.9 Å². The lowest BCUT2D eigenvalue weighted by atomic mass is 10.0. The molecule has 0 aromatic heterocycles. The molecule has 0 saturated carbocycles. The average Bonchev–Trinajstić information content (AvgIpc) is 2.64. The van der Waals surface area contributed by atoms with E-state index < -0.39 is 12.5 Å². The smallest absolute Gasteiger partial charge is 0.323 e. The number of hydrogen-bond donors (Lipinski definition) is 1. The van der Waals surface area contributed by atoms with Crippen LogP contribution in [-0.2, 0) is 27.3 Å². The molecule has 134 valence electrons. The highest BCUT2D eigenvalue weighted by molar-refractivity contribution is 6.01. The van der Waals surface area contributed by atoms with Crippen LogP contribution in [0.15, 0.2) is 54.6 Å². The zero-order valence-corrected chi connectivity index (χ0v) is 14.3. The van der Waals surface area contributed by atoms with E-state index in [-0.39, 0.29) is 24.9 Å². The second-order valence-electron chi connectivity index (χ2n) is 6.24. The van der Waals surface area contributed by atoms with Crippen molar-refractivity contribution in [3.63, 3.8) is 0 Å². The van der Waals surface area contributed by atoms with Gasteiger partial charge in [0.05, 0.1) is 0 Å². The Kier molecular flexibility index (Phi) is 5.31. The summed E-state index contributed by atoms with van der Waals surface area (Å²) >= 11 is 0. The Balaban J connectivity index is 1.79. The highest BCUT2D eigenvalue weighted by Gasteiger charge is 2.28. The normalized spacial score (nSPS) is 13.2. The van der Waals surface area contributed by atoms with E-state index in [9.17, 15) is 14.4 Å². The van der Waals surface area contributed by atoms with Gasteiger partial charge in [0.1, 0.15) is 13.1 Å². The number of aryl methyl sites for hydroxylation is 1. The lowest BCUT2D eigenvalue weighted by Crippen LogP contribution is -2.46. The number of benzene rings is 2. The predicted molar refractivity (Wildman–Crippen MR) is 96.6 cm³/mol. The minimum absolute atomic E-state index is 0.118. The third kappa shape index (κ3) is 4.08. The van der Waals surface area contributed by atoms with Gasteiger partial charge in [-0.15, -0.1) is 0 Å². The quantitative estimate of drug-likeness (QED) is 0.863. The number of rotatable bonds is 6. The summed E-state index contributed by atoms with van der Waals surface area (Å²) in [5.74, 6) is -1.59. The molecule has 1 aliphatic rings. The molecule has 0 aliphatic carbocycles. The lowest BCUT2D eigenvalue weighted by molar-refractivity contribution is -0.144. The molecular formula is C20H20N2O4. The number of carboxylic acid groups (broad SMARTS) is 1. The van der Waals surface area contributed by atoms with Crippen LogP contribution < -0.4 is 4.90 Å². The van der Waals surface area contributed by atoms with Crippen LogP contribution in [0.3, 0.4) is 0 Å². The molecule has 0 bridgehead atoms. The molecule has 2 aromatic rings. The first-order valence-electron chi connectivity index (χ1n) is 8.46. The second kappa shape index (κ2) is 7.82. The number of carbonyl (C=O) groups is 3. The van der Waals surface area contributed by atoms with Crippen molar-refractivity contribution in [1.82, 2.24) is 4.90 Å². The van der Waals surface area contributed by atoms with Crippen LogP contribution in [0.5, 0.6) is 0 Å². The van der Waals surface area contributed by atoms with Crippen LogP contribution in [0.2, 0.25) is 0 Å². The van der Waals surface area contributed by atoms with Crippen LogP contribution >= 0.6 is 0 Å². The summed E-state index contributed by atoms with van der Waals surface area (Å²) in [7, 11) is 0. The van der Waals surface area contributed by atoms with Gasteiger partial charge in [0.15, 0.2) is 0 Å². The molecule has 0 spiro atoms. The van der Waals surface area contributed by atoms with Crippen molar-refractivity contribution in [3.05, 3.63) is 65.7 Å². The van der Waals surface area contributed by atoms with Crippen molar-refractivity contribution in [2.45, 2.75) is 19.4 Å². The maximum atomic E-state index is 12.8. The van der Waals surface area contributed by atoms with E-state index in [1.807, 2.05) is 54.6 Å². The Morgan fingerprint density at radius 3 is 2.42 bits per heavy atom. The van der Waals surface area contributed by atoms with E-state index in [1.165, 1.54) is 9.80 Å². The standard InChI is InChI=1S/C20H20N2O4/c23-18-11-10-16-8-4-5-9-17(16)22(18)13-19(24)21(14-20(25)26)12-15-6-2-1-3-7-15/h1-9H,10-14H2,(H,25,26). The highest BCUT2D eigenvalue weighted by atomic mass is 16.4. The molecule has 1 heterocycles. The first-order valence-corrected chi connectivity index (χ1v) is 8.46. The van der Waals surface area contributed by atoms with E-state index in [0.717, 1.165) is 16.8 Å². The molecule has 0 fully saturated rings. The zero-order valence-electron chi connectivity index (χ0n) is 14.3. The fourth-order valence-electron chi connectivity index (χ4n) is 3.10. The van der Waals surface area contributed by atoms with Crippen LogP contribution in [0.1, 0.15) is 17.5 Å². The number of nitrogens with zero attached hydrogens (tertiary/aromatic N) is 2. The number of anilines is 1. The maximum Gasteiger partial charge on any atom is 0.323 e. The van der Waals surface area contributed by atoms with Crippen molar-refractivity contribution in [1.29, 1.82) is 0 Å². The van der Waals surface area contributed by atoms with Gasteiger partial charge in [-0.25, -0.2) is 0 Å². The number of carbonyl (C=O) groups excluding carboxylic acids is 2. The van der Waals surface area contributed by atoms with Gasteiger partial charge in [0.2, 0.25) is 11.8 Å². The average molecular weight is 352 g/mol. The molecule has 6 nitrogen and oxygen atoms in total. The Morgan fingerprint density at radius 2 is 1.69 bits per heavy atom. The van der Waals surface area contributed by atoms with E-state index in [4.69, 9.17) is 5.11 Å². The third-order valence-electron chi connectivity index (χ3n) is 4.38. The van der Waals surface area contributed by atoms with Crippen molar-refractivity contribution < 1.29 is 19.5 Å². The molecule has 26 heavy (non-hydrogen) atoms. The molecule has 0 unspecified atom stereocenters. The fraction of sp³-hybridized carbons (Fsp3) is 0.250. The Labute approximate surface area is 151 Å². The molecule has 1 N–H and O–H groups in total. The second-order valence-corrected chi connectivity index (χ2v) is 6.24. The van der Waals surface area contributed by atoms with Crippen molar-refractivity contribution >= 4 is 23.5 Å². The summed E-state index contributed by atoms with van der Waals surface area (Å²) in [5, 5.41) is 9.15. The van der Waals surface area contributed by atoms with Crippen LogP contribution in [0.25, 0.3) is 0 Å². The summed E-state index contributed by atoms with van der Waals surface area (Å²) in [5.41, 5.74) is 2.59. The number of fused-ring (bicyclic) bond motifs is 1. The number of carboxylic acids is 1. The van der Waals surface area contributed by atoms with E-state index in [0.29, 0.717) is 12.8 Å². The van der Waals surface area contributed by atoms with Gasteiger partial charge in [0, 0.05) is 18.7 Å². The van der Waals surface area contributed by atoms with Gasteiger partial charge in [-0.2, -0.15) is 0 Å². The number of aliphatic carboxylic acids is 1. The summed E-state index contributed by atoms with van der Waals surface area (Å²) in [6.45, 7) is -0.372. The Hall–Kier alpha value is -3.15. The summed E-state index contributed by atoms with van der Waals surface area (Å²) in [6, 6.07) is 16.7. The molecule has 2 aromatic carbocycles. The van der Waals surface area contributed by atoms with Gasteiger partial charge in [-0.1, -0.05) is 48.5 Å². The van der Waals surface area contributed by atoms with Crippen molar-refractivity contribution in [3.8, 4) is 0 Å². The first kappa shape index (κ1) is 17.7. The minimum atomic E-state index is -1.08. The van der Waals surface area contributed by atoms with E-state index >= 15 is 0 Å². The van der Waals surface area contributed by atoms with E-state index in [1.54, 1.807) is 0 Å². The predicted octanol–water partition coefficient (Wildman–Crippen LogP) is 2.08. The van der Waals surface area contributed by atoms with Gasteiger partial charge >= 0.3 is 5.97 Å². The van der Waals surface area contributed by atoms with Crippen LogP contribution in [0, 0.1) is 0 Å². The largest absolute Gasteiger partial charge is 0.480 e. The van der Waals surface area contributed by atoms with Gasteiger partial charge in [-0.3, -0.25) is 14.4 Å². The molecule has 0 atom stereocenters. The van der Waals surface area contributed by atoms with Crippen molar-refractivity contribution in [2.24, 2.45) is 0 Å².